The Morgan fingerprint density at radius 3 is 2.74 bits per heavy atom. The molecule has 3 rings (SSSR count). The maximum atomic E-state index is 5.86. The van der Waals surface area contributed by atoms with Crippen molar-refractivity contribution >= 4 is 22.7 Å². The molecule has 0 bridgehead atoms. The van der Waals surface area contributed by atoms with Gasteiger partial charge in [0.1, 0.15) is 0 Å². The van der Waals surface area contributed by atoms with Crippen molar-refractivity contribution in [2.24, 2.45) is 5.73 Å². The monoisotopic (exact) mass is 257 g/mol. The molecule has 2 aromatic rings. The first-order chi connectivity index (χ1) is 9.33. The third-order valence-electron chi connectivity index (χ3n) is 3.71. The lowest BCUT2D eigenvalue weighted by molar-refractivity contribution is 0.672. The van der Waals surface area contributed by atoms with E-state index in [0.29, 0.717) is 12.6 Å². The molecule has 0 unspecified atom stereocenters. The molecule has 0 amide bonds. The summed E-state index contributed by atoms with van der Waals surface area (Å²) in [5, 5.41) is 3.15. The van der Waals surface area contributed by atoms with Gasteiger partial charge in [-0.1, -0.05) is 12.1 Å². The summed E-state index contributed by atoms with van der Waals surface area (Å²) in [6.07, 6.45) is 2.30. The highest BCUT2D eigenvalue weighted by Gasteiger charge is 2.27. The van der Waals surface area contributed by atoms with E-state index < -0.39 is 0 Å². The van der Waals surface area contributed by atoms with Gasteiger partial charge in [-0.2, -0.15) is 0 Å². The van der Waals surface area contributed by atoms with Crippen molar-refractivity contribution < 1.29 is 0 Å². The molecule has 1 fully saturated rings. The van der Waals surface area contributed by atoms with Crippen LogP contribution in [0, 0.1) is 0 Å². The van der Waals surface area contributed by atoms with Crippen LogP contribution >= 0.6 is 0 Å². The van der Waals surface area contributed by atoms with E-state index in [0.717, 1.165) is 35.6 Å². The van der Waals surface area contributed by atoms with Gasteiger partial charge in [-0.3, -0.25) is 0 Å². The van der Waals surface area contributed by atoms with E-state index in [1.807, 2.05) is 31.3 Å². The van der Waals surface area contributed by atoms with Crippen molar-refractivity contribution in [2.75, 3.05) is 30.4 Å². The summed E-state index contributed by atoms with van der Waals surface area (Å²) < 4.78 is 0. The fourth-order valence-corrected chi connectivity index (χ4v) is 2.72. The van der Waals surface area contributed by atoms with Crippen LogP contribution in [0.25, 0.3) is 11.0 Å². The van der Waals surface area contributed by atoms with E-state index in [1.165, 1.54) is 6.42 Å². The van der Waals surface area contributed by atoms with Crippen molar-refractivity contribution in [3.8, 4) is 0 Å². The molecule has 19 heavy (non-hydrogen) atoms. The lowest BCUT2D eigenvalue weighted by Gasteiger charge is -2.26. The molecule has 1 aliphatic rings. The Bertz CT molecular complexity index is 583. The summed E-state index contributed by atoms with van der Waals surface area (Å²) in [6, 6.07) is 8.33. The Hall–Kier alpha value is -1.88. The molecular formula is C14H19N5. The van der Waals surface area contributed by atoms with Gasteiger partial charge in [0.25, 0.3) is 0 Å². The molecule has 0 aliphatic carbocycles. The van der Waals surface area contributed by atoms with Crippen LogP contribution in [0.2, 0.25) is 0 Å². The molecule has 3 N–H and O–H groups in total. The van der Waals surface area contributed by atoms with Crippen molar-refractivity contribution in [1.82, 2.24) is 9.97 Å². The molecule has 1 aromatic carbocycles. The van der Waals surface area contributed by atoms with Crippen LogP contribution in [-0.2, 0) is 0 Å². The molecule has 0 radical (unpaired) electrons. The van der Waals surface area contributed by atoms with Crippen LogP contribution in [0.5, 0.6) is 0 Å². The van der Waals surface area contributed by atoms with Gasteiger partial charge < -0.3 is 16.0 Å². The minimum atomic E-state index is 0.377. The zero-order valence-corrected chi connectivity index (χ0v) is 11.1. The zero-order chi connectivity index (χ0) is 13.2. The molecule has 100 valence electrons. The number of anilines is 2. The molecule has 1 aliphatic heterocycles. The van der Waals surface area contributed by atoms with E-state index in [2.05, 4.69) is 15.2 Å². The lowest BCUT2D eigenvalue weighted by Crippen LogP contribution is -2.36. The van der Waals surface area contributed by atoms with E-state index in [-0.39, 0.29) is 0 Å². The van der Waals surface area contributed by atoms with E-state index >= 15 is 0 Å². The molecule has 5 nitrogen and oxygen atoms in total. The van der Waals surface area contributed by atoms with Gasteiger partial charge >= 0.3 is 0 Å². The average molecular weight is 257 g/mol. The number of hydrogen-bond acceptors (Lipinski definition) is 5. The van der Waals surface area contributed by atoms with Gasteiger partial charge in [0, 0.05) is 26.2 Å². The van der Waals surface area contributed by atoms with Crippen LogP contribution in [0.3, 0.4) is 0 Å². The third-order valence-corrected chi connectivity index (χ3v) is 3.71. The van der Waals surface area contributed by atoms with E-state index in [9.17, 15) is 0 Å². The highest BCUT2D eigenvalue weighted by atomic mass is 15.3. The summed E-state index contributed by atoms with van der Waals surface area (Å²) in [5.74, 6) is 1.76. The van der Waals surface area contributed by atoms with Crippen molar-refractivity contribution in [3.63, 3.8) is 0 Å². The van der Waals surface area contributed by atoms with Crippen molar-refractivity contribution in [3.05, 3.63) is 24.3 Å². The Morgan fingerprint density at radius 2 is 2.05 bits per heavy atom. The predicted molar refractivity (Wildman–Crippen MR) is 78.5 cm³/mol. The molecule has 1 saturated heterocycles. The summed E-state index contributed by atoms with van der Waals surface area (Å²) in [5.41, 5.74) is 7.70. The quantitative estimate of drug-likeness (QED) is 0.874. The predicted octanol–water partition coefficient (Wildman–Crippen LogP) is 1.60. The molecule has 0 saturated carbocycles. The van der Waals surface area contributed by atoms with Crippen LogP contribution in [0.4, 0.5) is 11.6 Å². The Morgan fingerprint density at radius 1 is 1.32 bits per heavy atom. The third kappa shape index (κ3) is 2.10. The van der Waals surface area contributed by atoms with Crippen LogP contribution in [-0.4, -0.2) is 36.1 Å². The van der Waals surface area contributed by atoms with Crippen LogP contribution in [0.15, 0.2) is 24.3 Å². The second-order valence-corrected chi connectivity index (χ2v) is 4.86. The largest absolute Gasteiger partial charge is 0.370 e. The van der Waals surface area contributed by atoms with Crippen LogP contribution in [0.1, 0.15) is 12.8 Å². The topological polar surface area (TPSA) is 67.1 Å². The molecular weight excluding hydrogens is 238 g/mol. The second-order valence-electron chi connectivity index (χ2n) is 4.86. The highest BCUT2D eigenvalue weighted by Crippen LogP contribution is 2.30. The van der Waals surface area contributed by atoms with Gasteiger partial charge in [0.15, 0.2) is 11.6 Å². The fourth-order valence-electron chi connectivity index (χ4n) is 2.72. The van der Waals surface area contributed by atoms with Gasteiger partial charge in [-0.05, 0) is 25.0 Å². The van der Waals surface area contributed by atoms with Crippen molar-refractivity contribution in [2.45, 2.75) is 18.9 Å². The fraction of sp³-hybridized carbons (Fsp3) is 0.429. The number of hydrogen-bond donors (Lipinski definition) is 2. The zero-order valence-electron chi connectivity index (χ0n) is 11.1. The number of nitrogens with zero attached hydrogens (tertiary/aromatic N) is 3. The number of rotatable bonds is 3. The minimum absolute atomic E-state index is 0.377. The summed E-state index contributed by atoms with van der Waals surface area (Å²) in [7, 11) is 1.88. The maximum Gasteiger partial charge on any atom is 0.172 e. The molecule has 5 heteroatoms. The summed E-state index contributed by atoms with van der Waals surface area (Å²) >= 11 is 0. The number of nitrogens with two attached hydrogens (primary N) is 1. The lowest BCUT2D eigenvalue weighted by atomic mass is 10.2. The Balaban J connectivity index is 2.10. The van der Waals surface area contributed by atoms with E-state index in [1.54, 1.807) is 0 Å². The van der Waals surface area contributed by atoms with E-state index in [4.69, 9.17) is 10.7 Å². The molecule has 1 atom stereocenters. The first kappa shape index (κ1) is 12.2. The highest BCUT2D eigenvalue weighted by molar-refractivity contribution is 5.80. The van der Waals surface area contributed by atoms with Gasteiger partial charge in [-0.15, -0.1) is 0 Å². The number of para-hydroxylation sites is 2. The van der Waals surface area contributed by atoms with Gasteiger partial charge in [-0.25, -0.2) is 9.97 Å². The van der Waals surface area contributed by atoms with Gasteiger partial charge in [0.2, 0.25) is 0 Å². The standard InChI is InChI=1S/C14H19N5/c1-16-13-14(19-8-4-5-10(19)9-15)18-12-7-3-2-6-11(12)17-13/h2-3,6-7,10H,4-5,8-9,15H2,1H3,(H,16,17)/t10-/m1/s1. The van der Waals surface area contributed by atoms with Crippen molar-refractivity contribution in [1.29, 1.82) is 0 Å². The Labute approximate surface area is 112 Å². The first-order valence-corrected chi connectivity index (χ1v) is 6.74. The number of aromatic nitrogens is 2. The normalized spacial score (nSPS) is 19.1. The summed E-state index contributed by atoms with van der Waals surface area (Å²) in [6.45, 7) is 1.67. The average Bonchev–Trinajstić information content (AvgIpc) is 2.94. The summed E-state index contributed by atoms with van der Waals surface area (Å²) in [4.78, 5) is 11.7. The maximum absolute atomic E-state index is 5.86. The molecule has 2 heterocycles. The SMILES string of the molecule is CNc1nc2ccccc2nc1N1CCC[C@@H]1CN. The molecule has 1 aromatic heterocycles. The number of nitrogens with one attached hydrogen (secondary N) is 1. The molecule has 0 spiro atoms. The Kier molecular flexibility index (Phi) is 3.21. The smallest absolute Gasteiger partial charge is 0.172 e. The minimum Gasteiger partial charge on any atom is -0.370 e. The number of benzene rings is 1. The number of fused-ring (bicyclic) bond motifs is 1. The second kappa shape index (κ2) is 5.01. The van der Waals surface area contributed by atoms with Gasteiger partial charge in [0.05, 0.1) is 11.0 Å². The first-order valence-electron chi connectivity index (χ1n) is 6.74. The van der Waals surface area contributed by atoms with Crippen LogP contribution < -0.4 is 16.0 Å².